The predicted octanol–water partition coefficient (Wildman–Crippen LogP) is 2.55. The van der Waals surface area contributed by atoms with Gasteiger partial charge in [0.15, 0.2) is 0 Å². The number of benzene rings is 1. The number of rotatable bonds is 8. The van der Waals surface area contributed by atoms with Gasteiger partial charge in [0, 0.05) is 12.3 Å². The molecule has 1 aliphatic heterocycles. The van der Waals surface area contributed by atoms with Gasteiger partial charge in [0.25, 0.3) is 11.8 Å². The number of aliphatic hydroxyl groups excluding tert-OH is 1. The SMILES string of the molecule is CCOc1ccc(C2=C(SCCO)C(=O)N(CC(C)C)C2=O)cc1. The Morgan fingerprint density at radius 3 is 2.38 bits per heavy atom. The summed E-state index contributed by atoms with van der Waals surface area (Å²) in [5.74, 6) is 0.767. The third-order valence-electron chi connectivity index (χ3n) is 3.46. The van der Waals surface area contributed by atoms with Crippen molar-refractivity contribution in [3.63, 3.8) is 0 Å². The van der Waals surface area contributed by atoms with E-state index in [0.29, 0.717) is 34.9 Å². The van der Waals surface area contributed by atoms with Gasteiger partial charge in [-0.15, -0.1) is 11.8 Å². The smallest absolute Gasteiger partial charge is 0.267 e. The van der Waals surface area contributed by atoms with Crippen LogP contribution in [0.5, 0.6) is 5.75 Å². The molecule has 1 aromatic carbocycles. The molecular formula is C18H23NO4S. The second kappa shape index (κ2) is 8.35. The monoisotopic (exact) mass is 349 g/mol. The standard InChI is InChI=1S/C18H23NO4S/c1-4-23-14-7-5-13(6-8-14)15-16(24-10-9-20)18(22)19(17(15)21)11-12(2)3/h5-8,12,20H,4,9-11H2,1-3H3. The molecule has 0 bridgehead atoms. The average molecular weight is 349 g/mol. The lowest BCUT2D eigenvalue weighted by molar-refractivity contribution is -0.137. The Labute approximate surface area is 146 Å². The Morgan fingerprint density at radius 2 is 1.83 bits per heavy atom. The summed E-state index contributed by atoms with van der Waals surface area (Å²) in [6.45, 7) is 6.76. The minimum Gasteiger partial charge on any atom is -0.494 e. The van der Waals surface area contributed by atoms with Gasteiger partial charge in [-0.05, 0) is 30.5 Å². The molecular weight excluding hydrogens is 326 g/mol. The van der Waals surface area contributed by atoms with Gasteiger partial charge in [-0.25, -0.2) is 0 Å². The van der Waals surface area contributed by atoms with Crippen molar-refractivity contribution in [2.24, 2.45) is 5.92 Å². The fourth-order valence-electron chi connectivity index (χ4n) is 2.51. The van der Waals surface area contributed by atoms with Crippen LogP contribution in [0.3, 0.4) is 0 Å². The molecule has 2 rings (SSSR count). The highest BCUT2D eigenvalue weighted by Crippen LogP contribution is 2.36. The normalized spacial score (nSPS) is 15.0. The predicted molar refractivity (Wildman–Crippen MR) is 95.6 cm³/mol. The van der Waals surface area contributed by atoms with E-state index in [4.69, 9.17) is 9.84 Å². The summed E-state index contributed by atoms with van der Waals surface area (Å²) in [5.41, 5.74) is 1.12. The summed E-state index contributed by atoms with van der Waals surface area (Å²) in [5, 5.41) is 9.07. The summed E-state index contributed by atoms with van der Waals surface area (Å²) in [4.78, 5) is 27.1. The zero-order chi connectivity index (χ0) is 17.7. The van der Waals surface area contributed by atoms with Crippen molar-refractivity contribution in [1.82, 2.24) is 4.90 Å². The lowest BCUT2D eigenvalue weighted by Gasteiger charge is -2.17. The Kier molecular flexibility index (Phi) is 6.45. The largest absolute Gasteiger partial charge is 0.494 e. The molecule has 1 N–H and O–H groups in total. The summed E-state index contributed by atoms with van der Waals surface area (Å²) in [7, 11) is 0. The average Bonchev–Trinajstić information content (AvgIpc) is 2.78. The summed E-state index contributed by atoms with van der Waals surface area (Å²) in [6, 6.07) is 7.18. The van der Waals surface area contributed by atoms with E-state index in [0.717, 1.165) is 5.75 Å². The van der Waals surface area contributed by atoms with Gasteiger partial charge in [0.2, 0.25) is 0 Å². The molecule has 0 saturated heterocycles. The van der Waals surface area contributed by atoms with Gasteiger partial charge < -0.3 is 9.84 Å². The number of nitrogens with zero attached hydrogens (tertiary/aromatic N) is 1. The molecule has 1 aromatic rings. The number of hydrogen-bond acceptors (Lipinski definition) is 5. The number of amides is 2. The first-order valence-electron chi connectivity index (χ1n) is 8.06. The Balaban J connectivity index is 2.38. The number of aliphatic hydroxyl groups is 1. The lowest BCUT2D eigenvalue weighted by atomic mass is 10.1. The van der Waals surface area contributed by atoms with Gasteiger partial charge in [-0.1, -0.05) is 26.0 Å². The molecule has 2 amide bonds. The highest BCUT2D eigenvalue weighted by Gasteiger charge is 2.39. The van der Waals surface area contributed by atoms with E-state index in [1.807, 2.05) is 20.8 Å². The number of imide groups is 1. The van der Waals surface area contributed by atoms with E-state index in [2.05, 4.69) is 0 Å². The molecule has 6 heteroatoms. The Morgan fingerprint density at radius 1 is 1.17 bits per heavy atom. The van der Waals surface area contributed by atoms with E-state index in [9.17, 15) is 9.59 Å². The van der Waals surface area contributed by atoms with Crippen LogP contribution >= 0.6 is 11.8 Å². The van der Waals surface area contributed by atoms with E-state index < -0.39 is 0 Å². The topological polar surface area (TPSA) is 66.8 Å². The fraction of sp³-hybridized carbons (Fsp3) is 0.444. The van der Waals surface area contributed by atoms with Crippen molar-refractivity contribution in [3.05, 3.63) is 34.7 Å². The summed E-state index contributed by atoms with van der Waals surface area (Å²) < 4.78 is 5.42. The quantitative estimate of drug-likeness (QED) is 0.731. The van der Waals surface area contributed by atoms with Crippen LogP contribution in [0, 0.1) is 5.92 Å². The maximum Gasteiger partial charge on any atom is 0.267 e. The second-order valence-electron chi connectivity index (χ2n) is 5.85. The van der Waals surface area contributed by atoms with Gasteiger partial charge in [0.05, 0.1) is 23.7 Å². The minimum atomic E-state index is -0.268. The van der Waals surface area contributed by atoms with E-state index in [1.165, 1.54) is 16.7 Å². The van der Waals surface area contributed by atoms with Gasteiger partial charge in [0.1, 0.15) is 5.75 Å². The van der Waals surface area contributed by atoms with Crippen molar-refractivity contribution in [3.8, 4) is 5.75 Å². The van der Waals surface area contributed by atoms with Crippen molar-refractivity contribution in [1.29, 1.82) is 0 Å². The maximum absolute atomic E-state index is 12.8. The van der Waals surface area contributed by atoms with E-state index in [-0.39, 0.29) is 24.3 Å². The minimum absolute atomic E-state index is 0.0453. The lowest BCUT2D eigenvalue weighted by Crippen LogP contribution is -2.34. The first-order chi connectivity index (χ1) is 11.5. The number of hydrogen-bond donors (Lipinski definition) is 1. The first kappa shape index (κ1) is 18.5. The van der Waals surface area contributed by atoms with Crippen molar-refractivity contribution in [2.75, 3.05) is 25.5 Å². The molecule has 24 heavy (non-hydrogen) atoms. The van der Waals surface area contributed by atoms with Gasteiger partial charge >= 0.3 is 0 Å². The van der Waals surface area contributed by atoms with Crippen molar-refractivity contribution in [2.45, 2.75) is 20.8 Å². The third-order valence-corrected chi connectivity index (χ3v) is 4.52. The summed E-state index contributed by atoms with van der Waals surface area (Å²) in [6.07, 6.45) is 0. The Bertz CT molecular complexity index is 637. The van der Waals surface area contributed by atoms with E-state index in [1.54, 1.807) is 24.3 Å². The molecule has 0 aromatic heterocycles. The number of carbonyl (C=O) groups excluding carboxylic acids is 2. The molecule has 1 heterocycles. The molecule has 0 spiro atoms. The van der Waals surface area contributed by atoms with Crippen LogP contribution in [-0.4, -0.2) is 47.3 Å². The molecule has 0 radical (unpaired) electrons. The van der Waals surface area contributed by atoms with Crippen molar-refractivity contribution >= 4 is 29.1 Å². The molecule has 0 atom stereocenters. The van der Waals surface area contributed by atoms with Crippen LogP contribution in [0.15, 0.2) is 29.2 Å². The van der Waals surface area contributed by atoms with Crippen LogP contribution in [0.4, 0.5) is 0 Å². The zero-order valence-corrected chi connectivity index (χ0v) is 15.1. The molecule has 1 aliphatic rings. The number of carbonyl (C=O) groups is 2. The second-order valence-corrected chi connectivity index (χ2v) is 6.95. The molecule has 0 aliphatic carbocycles. The highest BCUT2D eigenvalue weighted by molar-refractivity contribution is 8.04. The third kappa shape index (κ3) is 3.99. The number of thioether (sulfide) groups is 1. The summed E-state index contributed by atoms with van der Waals surface area (Å²) >= 11 is 1.23. The zero-order valence-electron chi connectivity index (χ0n) is 14.2. The van der Waals surface area contributed by atoms with Crippen molar-refractivity contribution < 1.29 is 19.4 Å². The van der Waals surface area contributed by atoms with Crippen LogP contribution in [-0.2, 0) is 9.59 Å². The highest BCUT2D eigenvalue weighted by atomic mass is 32.2. The maximum atomic E-state index is 12.8. The van der Waals surface area contributed by atoms with Gasteiger partial charge in [-0.2, -0.15) is 0 Å². The van der Waals surface area contributed by atoms with Crippen LogP contribution in [0.2, 0.25) is 0 Å². The molecule has 5 nitrogen and oxygen atoms in total. The fourth-order valence-corrected chi connectivity index (χ4v) is 3.38. The molecule has 130 valence electrons. The Hall–Kier alpha value is -1.79. The molecule has 0 unspecified atom stereocenters. The molecule has 0 saturated carbocycles. The van der Waals surface area contributed by atoms with Crippen LogP contribution < -0.4 is 4.74 Å². The number of ether oxygens (including phenoxy) is 1. The van der Waals surface area contributed by atoms with Crippen LogP contribution in [0.1, 0.15) is 26.3 Å². The van der Waals surface area contributed by atoms with E-state index >= 15 is 0 Å². The molecule has 0 fully saturated rings. The van der Waals surface area contributed by atoms with Crippen LogP contribution in [0.25, 0.3) is 5.57 Å². The van der Waals surface area contributed by atoms with Gasteiger partial charge in [-0.3, -0.25) is 14.5 Å². The first-order valence-corrected chi connectivity index (χ1v) is 9.05.